The van der Waals surface area contributed by atoms with E-state index in [0.29, 0.717) is 5.69 Å². The van der Waals surface area contributed by atoms with Crippen molar-refractivity contribution in [2.24, 2.45) is 7.05 Å². The zero-order valence-electron chi connectivity index (χ0n) is 15.5. The van der Waals surface area contributed by atoms with Crippen molar-refractivity contribution in [3.8, 4) is 0 Å². The van der Waals surface area contributed by atoms with Gasteiger partial charge in [0.2, 0.25) is 15.9 Å². The molecular formula is C15H21N5O6S. The molecule has 2 aromatic heterocycles. The Morgan fingerprint density at radius 2 is 2.00 bits per heavy atom. The lowest BCUT2D eigenvalue weighted by Gasteiger charge is -2.20. The number of carbonyl (C=O) groups excluding carboxylic acids is 2. The van der Waals surface area contributed by atoms with Crippen LogP contribution in [0.4, 0.5) is 0 Å². The Balaban J connectivity index is 2.18. The summed E-state index contributed by atoms with van der Waals surface area (Å²) in [5.41, 5.74) is 0.561. The number of nitrogens with one attached hydrogen (secondary N) is 2. The molecule has 12 heteroatoms. The predicted molar refractivity (Wildman–Crippen MR) is 91.9 cm³/mol. The van der Waals surface area contributed by atoms with Crippen molar-refractivity contribution in [3.05, 3.63) is 29.4 Å². The average Bonchev–Trinajstić information content (AvgIpc) is 3.16. The number of aryl methyl sites for hydroxylation is 3. The van der Waals surface area contributed by atoms with E-state index in [4.69, 9.17) is 9.26 Å². The van der Waals surface area contributed by atoms with E-state index >= 15 is 0 Å². The van der Waals surface area contributed by atoms with E-state index < -0.39 is 34.0 Å². The molecule has 0 bridgehead atoms. The van der Waals surface area contributed by atoms with E-state index in [9.17, 15) is 18.0 Å². The maximum absolute atomic E-state index is 12.5. The first-order valence-electron chi connectivity index (χ1n) is 7.89. The number of rotatable bonds is 7. The van der Waals surface area contributed by atoms with Gasteiger partial charge in [0.1, 0.15) is 10.6 Å². The number of aromatic nitrogens is 3. The highest BCUT2D eigenvalue weighted by Gasteiger charge is 2.31. The van der Waals surface area contributed by atoms with E-state index in [-0.39, 0.29) is 16.3 Å². The summed E-state index contributed by atoms with van der Waals surface area (Å²) in [6.45, 7) is 4.28. The number of hydrogen-bond acceptors (Lipinski definition) is 8. The van der Waals surface area contributed by atoms with Crippen molar-refractivity contribution in [2.75, 3.05) is 7.11 Å². The van der Waals surface area contributed by atoms with Gasteiger partial charge in [0.25, 0.3) is 0 Å². The molecule has 2 heterocycles. The fraction of sp³-hybridized carbons (Fsp3) is 0.467. The van der Waals surface area contributed by atoms with Crippen molar-refractivity contribution >= 4 is 21.9 Å². The number of carbonyl (C=O) groups is 2. The molecule has 0 radical (unpaired) electrons. The number of esters is 1. The molecule has 27 heavy (non-hydrogen) atoms. The van der Waals surface area contributed by atoms with Crippen LogP contribution in [0.25, 0.3) is 0 Å². The molecule has 2 aromatic rings. The summed E-state index contributed by atoms with van der Waals surface area (Å²) in [6.07, 6.45) is 1.46. The fourth-order valence-electron chi connectivity index (χ4n) is 2.51. The zero-order valence-corrected chi connectivity index (χ0v) is 16.3. The largest absolute Gasteiger partial charge is 0.467 e. The van der Waals surface area contributed by atoms with Crippen molar-refractivity contribution in [3.63, 3.8) is 0 Å². The van der Waals surface area contributed by atoms with E-state index in [1.165, 1.54) is 38.8 Å². The zero-order chi connectivity index (χ0) is 20.4. The van der Waals surface area contributed by atoms with Crippen LogP contribution in [0.5, 0.6) is 0 Å². The standard InChI is InChI=1S/C15H21N5O6S/c1-8-13(10(3)26-18-8)27(23,24)19-9(2)14(21)17-12(15(22)25-5)11-6-7-16-20(11)4/h6-7,9,12,19H,1-5H3,(H,17,21)/t9-,12?/m0/s1. The minimum Gasteiger partial charge on any atom is -0.467 e. The van der Waals surface area contributed by atoms with Gasteiger partial charge in [-0.1, -0.05) is 5.16 Å². The molecule has 0 aliphatic carbocycles. The lowest BCUT2D eigenvalue weighted by Crippen LogP contribution is -2.47. The van der Waals surface area contributed by atoms with Crippen LogP contribution in [0.15, 0.2) is 21.7 Å². The summed E-state index contributed by atoms with van der Waals surface area (Å²) >= 11 is 0. The molecule has 148 valence electrons. The third-order valence-corrected chi connectivity index (χ3v) is 5.62. The molecule has 0 saturated heterocycles. The van der Waals surface area contributed by atoms with Crippen LogP contribution in [-0.2, 0) is 31.4 Å². The molecule has 2 N–H and O–H groups in total. The Morgan fingerprint density at radius 3 is 2.48 bits per heavy atom. The van der Waals surface area contributed by atoms with Crippen LogP contribution >= 0.6 is 0 Å². The van der Waals surface area contributed by atoms with Gasteiger partial charge in [-0.25, -0.2) is 13.2 Å². The molecule has 0 aliphatic heterocycles. The smallest absolute Gasteiger partial charge is 0.334 e. The Bertz CT molecular complexity index is 928. The first-order chi connectivity index (χ1) is 12.6. The number of amides is 1. The summed E-state index contributed by atoms with van der Waals surface area (Å²) < 4.78 is 38.2. The summed E-state index contributed by atoms with van der Waals surface area (Å²) in [7, 11) is -1.27. The molecular weight excluding hydrogens is 378 g/mol. The highest BCUT2D eigenvalue weighted by molar-refractivity contribution is 7.89. The molecule has 2 rings (SSSR count). The molecule has 0 aliphatic rings. The first kappa shape index (κ1) is 20.6. The maximum atomic E-state index is 12.5. The molecule has 11 nitrogen and oxygen atoms in total. The predicted octanol–water partition coefficient (Wildman–Crippen LogP) is -0.278. The minimum absolute atomic E-state index is 0.106. The van der Waals surface area contributed by atoms with Crippen molar-refractivity contribution in [1.29, 1.82) is 0 Å². The van der Waals surface area contributed by atoms with E-state index in [2.05, 4.69) is 20.3 Å². The quantitative estimate of drug-likeness (QED) is 0.605. The third-order valence-electron chi connectivity index (χ3n) is 3.84. The van der Waals surface area contributed by atoms with Gasteiger partial charge < -0.3 is 14.6 Å². The molecule has 0 saturated carbocycles. The fourth-order valence-corrected chi connectivity index (χ4v) is 4.04. The number of nitrogens with zero attached hydrogens (tertiary/aromatic N) is 3. The van der Waals surface area contributed by atoms with Gasteiger partial charge in [-0.2, -0.15) is 9.82 Å². The van der Waals surface area contributed by atoms with Gasteiger partial charge in [-0.15, -0.1) is 0 Å². The lowest BCUT2D eigenvalue weighted by molar-refractivity contribution is -0.145. The summed E-state index contributed by atoms with van der Waals surface area (Å²) in [5.74, 6) is -1.33. The number of hydrogen-bond donors (Lipinski definition) is 2. The van der Waals surface area contributed by atoms with Gasteiger partial charge in [0.05, 0.1) is 18.8 Å². The maximum Gasteiger partial charge on any atom is 0.334 e. The Labute approximate surface area is 156 Å². The van der Waals surface area contributed by atoms with Gasteiger partial charge in [0, 0.05) is 13.2 Å². The normalized spacial score (nSPS) is 13.8. The molecule has 1 unspecified atom stereocenters. The van der Waals surface area contributed by atoms with Crippen LogP contribution in [0.1, 0.15) is 30.1 Å². The lowest BCUT2D eigenvalue weighted by atomic mass is 10.2. The van der Waals surface area contributed by atoms with Crippen molar-refractivity contribution < 1.29 is 27.3 Å². The Kier molecular flexibility index (Phi) is 6.01. The van der Waals surface area contributed by atoms with Crippen LogP contribution in [-0.4, -0.2) is 48.4 Å². The molecule has 0 fully saturated rings. The van der Waals surface area contributed by atoms with Crippen LogP contribution < -0.4 is 10.0 Å². The Hall–Kier alpha value is -2.73. The van der Waals surface area contributed by atoms with Crippen molar-refractivity contribution in [1.82, 2.24) is 25.0 Å². The summed E-state index contributed by atoms with van der Waals surface area (Å²) in [6, 6.07) is -0.772. The topological polar surface area (TPSA) is 145 Å². The molecule has 2 atom stereocenters. The number of ether oxygens (including phenoxy) is 1. The number of sulfonamides is 1. The summed E-state index contributed by atoms with van der Waals surface area (Å²) in [5, 5.41) is 10.0. The molecule has 1 amide bonds. The molecule has 0 spiro atoms. The number of methoxy groups -OCH3 is 1. The van der Waals surface area contributed by atoms with Crippen LogP contribution in [0.2, 0.25) is 0 Å². The summed E-state index contributed by atoms with van der Waals surface area (Å²) in [4.78, 5) is 24.4. The second-order valence-corrected chi connectivity index (χ2v) is 7.49. The van der Waals surface area contributed by atoms with Gasteiger partial charge >= 0.3 is 5.97 Å². The van der Waals surface area contributed by atoms with Crippen LogP contribution in [0, 0.1) is 13.8 Å². The van der Waals surface area contributed by atoms with E-state index in [1.54, 1.807) is 13.1 Å². The molecule has 0 aromatic carbocycles. The highest BCUT2D eigenvalue weighted by Crippen LogP contribution is 2.19. The monoisotopic (exact) mass is 399 g/mol. The minimum atomic E-state index is -4.05. The second-order valence-electron chi connectivity index (χ2n) is 5.84. The first-order valence-corrected chi connectivity index (χ1v) is 9.38. The van der Waals surface area contributed by atoms with Gasteiger partial charge in [-0.05, 0) is 26.8 Å². The van der Waals surface area contributed by atoms with Crippen molar-refractivity contribution in [2.45, 2.75) is 37.8 Å². The Morgan fingerprint density at radius 1 is 1.33 bits per heavy atom. The van der Waals surface area contributed by atoms with Gasteiger partial charge in [0.15, 0.2) is 11.8 Å². The second kappa shape index (κ2) is 7.88. The average molecular weight is 399 g/mol. The van der Waals surface area contributed by atoms with Crippen LogP contribution in [0.3, 0.4) is 0 Å². The van der Waals surface area contributed by atoms with Gasteiger partial charge in [-0.3, -0.25) is 9.48 Å². The van der Waals surface area contributed by atoms with E-state index in [0.717, 1.165) is 0 Å². The van der Waals surface area contributed by atoms with E-state index in [1.807, 2.05) is 0 Å². The third kappa shape index (κ3) is 4.34. The highest BCUT2D eigenvalue weighted by atomic mass is 32.2. The SMILES string of the molecule is COC(=O)C(NC(=O)[C@H](C)NS(=O)(=O)c1c(C)noc1C)c1ccnn1C.